The number of thioether (sulfide) groups is 1. The number of esters is 1. The number of amides is 1. The molecule has 0 radical (unpaired) electrons. The van der Waals surface area contributed by atoms with Crippen molar-refractivity contribution >= 4 is 23.6 Å². The standard InChI is InChI=1S/C17H23NO4S/c1-3-21-10-8-16(19)22-12-13-5-4-6-14(11-13)23-15-7-9-18(2)17(15)20/h4-6,11,15H,3,7-10,12H2,1-2H3/t15-/m1/s1. The van der Waals surface area contributed by atoms with Gasteiger partial charge in [-0.1, -0.05) is 12.1 Å². The molecule has 5 nitrogen and oxygen atoms in total. The summed E-state index contributed by atoms with van der Waals surface area (Å²) in [6.07, 6.45) is 1.14. The Morgan fingerprint density at radius 3 is 2.96 bits per heavy atom. The molecule has 0 N–H and O–H groups in total. The number of nitrogens with zero attached hydrogens (tertiary/aromatic N) is 1. The second-order valence-electron chi connectivity index (χ2n) is 5.41. The zero-order valence-corrected chi connectivity index (χ0v) is 14.4. The Morgan fingerprint density at radius 2 is 2.26 bits per heavy atom. The summed E-state index contributed by atoms with van der Waals surface area (Å²) in [6, 6.07) is 7.81. The van der Waals surface area contributed by atoms with Crippen molar-refractivity contribution in [2.75, 3.05) is 26.8 Å². The first-order valence-corrected chi connectivity index (χ1v) is 8.72. The summed E-state index contributed by atoms with van der Waals surface area (Å²) in [6.45, 7) is 3.94. The van der Waals surface area contributed by atoms with Crippen molar-refractivity contribution in [1.29, 1.82) is 0 Å². The van der Waals surface area contributed by atoms with Crippen LogP contribution in [-0.2, 0) is 25.7 Å². The zero-order chi connectivity index (χ0) is 16.7. The number of carbonyl (C=O) groups is 2. The van der Waals surface area contributed by atoms with Gasteiger partial charge in [0, 0.05) is 25.1 Å². The quantitative estimate of drug-likeness (QED) is 0.539. The Hall–Kier alpha value is -1.53. The highest BCUT2D eigenvalue weighted by Crippen LogP contribution is 2.30. The van der Waals surface area contributed by atoms with Crippen molar-refractivity contribution in [3.05, 3.63) is 29.8 Å². The number of rotatable bonds is 8. The molecule has 0 bridgehead atoms. The monoisotopic (exact) mass is 337 g/mol. The third-order valence-electron chi connectivity index (χ3n) is 3.61. The van der Waals surface area contributed by atoms with E-state index >= 15 is 0 Å². The molecule has 23 heavy (non-hydrogen) atoms. The number of ether oxygens (including phenoxy) is 2. The molecule has 1 atom stereocenters. The molecule has 1 aromatic carbocycles. The van der Waals surface area contributed by atoms with Gasteiger partial charge in [0.2, 0.25) is 5.91 Å². The van der Waals surface area contributed by atoms with Crippen LogP contribution in [0.15, 0.2) is 29.2 Å². The number of hydrogen-bond donors (Lipinski definition) is 0. The summed E-state index contributed by atoms with van der Waals surface area (Å²) in [5, 5.41) is -0.0102. The van der Waals surface area contributed by atoms with Gasteiger partial charge >= 0.3 is 5.97 Å². The van der Waals surface area contributed by atoms with E-state index in [9.17, 15) is 9.59 Å². The number of likely N-dealkylation sites (tertiary alicyclic amines) is 1. The van der Waals surface area contributed by atoms with E-state index in [4.69, 9.17) is 9.47 Å². The fourth-order valence-corrected chi connectivity index (χ4v) is 3.52. The van der Waals surface area contributed by atoms with Crippen LogP contribution in [0, 0.1) is 0 Å². The van der Waals surface area contributed by atoms with Crippen LogP contribution < -0.4 is 0 Å². The Balaban J connectivity index is 1.82. The minimum atomic E-state index is -0.260. The van der Waals surface area contributed by atoms with Crippen LogP contribution in [0.5, 0.6) is 0 Å². The summed E-state index contributed by atoms with van der Waals surface area (Å²) in [4.78, 5) is 26.3. The van der Waals surface area contributed by atoms with Gasteiger partial charge in [0.05, 0.1) is 18.3 Å². The largest absolute Gasteiger partial charge is 0.461 e. The lowest BCUT2D eigenvalue weighted by Gasteiger charge is -2.11. The summed E-state index contributed by atoms with van der Waals surface area (Å²) in [5.41, 5.74) is 0.929. The fraction of sp³-hybridized carbons (Fsp3) is 0.529. The highest BCUT2D eigenvalue weighted by molar-refractivity contribution is 8.00. The molecule has 1 aliphatic heterocycles. The molecule has 0 saturated carbocycles. The van der Waals surface area contributed by atoms with E-state index in [0.717, 1.165) is 23.4 Å². The third kappa shape index (κ3) is 5.55. The van der Waals surface area contributed by atoms with Gasteiger partial charge in [0.1, 0.15) is 6.61 Å². The first-order valence-electron chi connectivity index (χ1n) is 7.84. The fourth-order valence-electron chi connectivity index (χ4n) is 2.31. The van der Waals surface area contributed by atoms with Gasteiger partial charge < -0.3 is 14.4 Å². The second-order valence-corrected chi connectivity index (χ2v) is 6.69. The lowest BCUT2D eigenvalue weighted by molar-refractivity contribution is -0.146. The minimum absolute atomic E-state index is 0.0102. The lowest BCUT2D eigenvalue weighted by Crippen LogP contribution is -2.23. The van der Waals surface area contributed by atoms with Crippen molar-refractivity contribution in [3.63, 3.8) is 0 Å². The molecule has 0 spiro atoms. The van der Waals surface area contributed by atoms with E-state index in [1.165, 1.54) is 0 Å². The van der Waals surface area contributed by atoms with Crippen LogP contribution in [0.3, 0.4) is 0 Å². The first kappa shape index (κ1) is 17.8. The predicted molar refractivity (Wildman–Crippen MR) is 89.2 cm³/mol. The molecule has 1 saturated heterocycles. The highest BCUT2D eigenvalue weighted by atomic mass is 32.2. The average Bonchev–Trinajstić information content (AvgIpc) is 2.86. The normalized spacial score (nSPS) is 17.6. The highest BCUT2D eigenvalue weighted by Gasteiger charge is 2.29. The Bertz CT molecular complexity index is 549. The second kappa shape index (κ2) is 8.93. The zero-order valence-electron chi connectivity index (χ0n) is 13.6. The van der Waals surface area contributed by atoms with Crippen molar-refractivity contribution in [2.24, 2.45) is 0 Å². The van der Waals surface area contributed by atoms with Crippen LogP contribution >= 0.6 is 11.8 Å². The van der Waals surface area contributed by atoms with Gasteiger partial charge in [-0.25, -0.2) is 0 Å². The Morgan fingerprint density at radius 1 is 1.43 bits per heavy atom. The van der Waals surface area contributed by atoms with Crippen LogP contribution in [-0.4, -0.2) is 48.8 Å². The molecule has 2 rings (SSSR count). The van der Waals surface area contributed by atoms with Gasteiger partial charge in [-0.05, 0) is 31.0 Å². The van der Waals surface area contributed by atoms with E-state index in [-0.39, 0.29) is 30.2 Å². The topological polar surface area (TPSA) is 55.8 Å². The van der Waals surface area contributed by atoms with Crippen LogP contribution in [0.1, 0.15) is 25.3 Å². The van der Waals surface area contributed by atoms with Gasteiger partial charge in [0.25, 0.3) is 0 Å². The molecule has 1 heterocycles. The molecule has 126 valence electrons. The summed E-state index contributed by atoms with van der Waals surface area (Å²) < 4.78 is 10.4. The average molecular weight is 337 g/mol. The molecule has 1 aliphatic rings. The van der Waals surface area contributed by atoms with Crippen LogP contribution in [0.4, 0.5) is 0 Å². The summed E-state index contributed by atoms with van der Waals surface area (Å²) >= 11 is 1.58. The van der Waals surface area contributed by atoms with Crippen molar-refractivity contribution in [2.45, 2.75) is 36.5 Å². The summed E-state index contributed by atoms with van der Waals surface area (Å²) in [7, 11) is 1.83. The van der Waals surface area contributed by atoms with E-state index in [2.05, 4.69) is 0 Å². The maximum Gasteiger partial charge on any atom is 0.308 e. The van der Waals surface area contributed by atoms with Crippen LogP contribution in [0.25, 0.3) is 0 Å². The van der Waals surface area contributed by atoms with E-state index in [0.29, 0.717) is 13.2 Å². The maximum absolute atomic E-state index is 12.0. The lowest BCUT2D eigenvalue weighted by atomic mass is 10.2. The van der Waals surface area contributed by atoms with Crippen molar-refractivity contribution < 1.29 is 19.1 Å². The first-order chi connectivity index (χ1) is 11.1. The molecule has 1 fully saturated rings. The SMILES string of the molecule is CCOCCC(=O)OCc1cccc(S[C@@H]2CCN(C)C2=O)c1. The Labute approximate surface area is 141 Å². The molecular formula is C17H23NO4S. The van der Waals surface area contributed by atoms with E-state index in [1.807, 2.05) is 38.2 Å². The number of hydrogen-bond acceptors (Lipinski definition) is 5. The smallest absolute Gasteiger partial charge is 0.308 e. The molecular weight excluding hydrogens is 314 g/mol. The Kier molecular flexibility index (Phi) is 6.92. The van der Waals surface area contributed by atoms with Crippen LogP contribution in [0.2, 0.25) is 0 Å². The predicted octanol–water partition coefficient (Wildman–Crippen LogP) is 2.48. The molecule has 1 aromatic rings. The van der Waals surface area contributed by atoms with E-state index in [1.54, 1.807) is 16.7 Å². The number of carbonyl (C=O) groups excluding carboxylic acids is 2. The van der Waals surface area contributed by atoms with Gasteiger partial charge in [0.15, 0.2) is 0 Å². The molecule has 1 amide bonds. The maximum atomic E-state index is 12.0. The van der Waals surface area contributed by atoms with Gasteiger partial charge in [-0.2, -0.15) is 0 Å². The molecule has 0 aliphatic carbocycles. The van der Waals surface area contributed by atoms with Crippen molar-refractivity contribution in [1.82, 2.24) is 4.90 Å². The van der Waals surface area contributed by atoms with Gasteiger partial charge in [-0.15, -0.1) is 11.8 Å². The van der Waals surface area contributed by atoms with E-state index < -0.39 is 0 Å². The summed E-state index contributed by atoms with van der Waals surface area (Å²) in [5.74, 6) is -0.0770. The number of benzene rings is 1. The minimum Gasteiger partial charge on any atom is -0.461 e. The van der Waals surface area contributed by atoms with Gasteiger partial charge in [-0.3, -0.25) is 9.59 Å². The third-order valence-corrected chi connectivity index (χ3v) is 4.86. The molecule has 6 heteroatoms. The molecule has 0 aromatic heterocycles. The molecule has 0 unspecified atom stereocenters. The van der Waals surface area contributed by atoms with Crippen molar-refractivity contribution in [3.8, 4) is 0 Å².